The fourth-order valence-electron chi connectivity index (χ4n) is 7.75. The van der Waals surface area contributed by atoms with Gasteiger partial charge in [-0.15, -0.1) is 0 Å². The molecular formula is C47H88O14. The Labute approximate surface area is 367 Å². The Morgan fingerprint density at radius 3 is 1.52 bits per heavy atom. The molecule has 0 spiro atoms. The van der Waals surface area contributed by atoms with E-state index in [0.717, 1.165) is 57.8 Å². The molecule has 14 nitrogen and oxygen atoms in total. The summed E-state index contributed by atoms with van der Waals surface area (Å²) in [5, 5.41) is 72.0. The third-order valence-corrected chi connectivity index (χ3v) is 11.8. The first kappa shape index (κ1) is 55.9. The highest BCUT2D eigenvalue weighted by Crippen LogP contribution is 2.26. The molecule has 2 heterocycles. The lowest BCUT2D eigenvalue weighted by atomic mass is 9.98. The normalized spacial score (nSPS) is 27.5. The fraction of sp³-hybridized carbons (Fsp3) is 0.936. The number of carbonyl (C=O) groups is 1. The van der Waals surface area contributed by atoms with Gasteiger partial charge in [0.25, 0.3) is 0 Å². The van der Waals surface area contributed by atoms with E-state index in [4.69, 9.17) is 28.4 Å². The van der Waals surface area contributed by atoms with Crippen LogP contribution in [-0.4, -0.2) is 142 Å². The number of hydrogen-bond acceptors (Lipinski definition) is 14. The summed E-state index contributed by atoms with van der Waals surface area (Å²) in [6, 6.07) is 0. The van der Waals surface area contributed by atoms with Crippen molar-refractivity contribution >= 4 is 5.97 Å². The zero-order valence-corrected chi connectivity index (χ0v) is 37.9. The Kier molecular flexibility index (Phi) is 33.0. The molecule has 0 aromatic carbocycles. The average Bonchev–Trinajstić information content (AvgIpc) is 3.25. The summed E-state index contributed by atoms with van der Waals surface area (Å²) in [5.74, 6) is -0.384. The lowest BCUT2D eigenvalue weighted by molar-refractivity contribution is -0.332. The third kappa shape index (κ3) is 24.6. The highest BCUT2D eigenvalue weighted by Gasteiger charge is 2.47. The van der Waals surface area contributed by atoms with E-state index >= 15 is 0 Å². The molecule has 0 aromatic heterocycles. The summed E-state index contributed by atoms with van der Waals surface area (Å²) in [6.07, 6.45) is 18.5. The molecular weight excluding hydrogens is 789 g/mol. The summed E-state index contributed by atoms with van der Waals surface area (Å²) in [7, 11) is 0. The number of allylic oxidation sites excluding steroid dienone is 2. The number of carbonyl (C=O) groups excluding carboxylic acids is 1. The van der Waals surface area contributed by atoms with Crippen LogP contribution in [0.4, 0.5) is 0 Å². The number of aliphatic hydroxyl groups is 7. The number of hydrogen-bond donors (Lipinski definition) is 7. The maximum absolute atomic E-state index is 12.9. The van der Waals surface area contributed by atoms with Gasteiger partial charge in [0.2, 0.25) is 0 Å². The molecule has 14 heteroatoms. The highest BCUT2D eigenvalue weighted by molar-refractivity contribution is 5.69. The van der Waals surface area contributed by atoms with Crippen LogP contribution in [0.25, 0.3) is 0 Å². The predicted octanol–water partition coefficient (Wildman–Crippen LogP) is 6.29. The van der Waals surface area contributed by atoms with Crippen molar-refractivity contribution in [2.45, 2.75) is 248 Å². The summed E-state index contributed by atoms with van der Waals surface area (Å²) in [5.41, 5.74) is 0. The van der Waals surface area contributed by atoms with Crippen molar-refractivity contribution in [1.29, 1.82) is 0 Å². The van der Waals surface area contributed by atoms with Crippen LogP contribution >= 0.6 is 0 Å². The van der Waals surface area contributed by atoms with E-state index in [0.29, 0.717) is 13.0 Å². The molecule has 0 saturated carbocycles. The quantitative estimate of drug-likeness (QED) is 0.0206. The standard InChI is InChI=1S/C47H88O14/c1-3-5-7-9-11-13-15-17-18-19-21-23-25-27-29-31-56-33-36(59-39(49)30-28-26-24-22-20-16-14-12-10-8-6-4-2)34-57-46-45(55)43(53)41(51)38(61-46)35-58-47-44(54)42(52)40(50)37(32-48)60-47/h12,14,36-38,40-48,50-55H,3-11,13,15-35H2,1-2H3/b14-12-. The van der Waals surface area contributed by atoms with Crippen molar-refractivity contribution in [3.63, 3.8) is 0 Å². The van der Waals surface area contributed by atoms with Crippen molar-refractivity contribution in [3.05, 3.63) is 12.2 Å². The van der Waals surface area contributed by atoms with Gasteiger partial charge < -0.3 is 64.2 Å². The van der Waals surface area contributed by atoms with Crippen molar-refractivity contribution in [3.8, 4) is 0 Å². The van der Waals surface area contributed by atoms with Crippen LogP contribution < -0.4 is 0 Å². The minimum Gasteiger partial charge on any atom is -0.457 e. The molecule has 11 unspecified atom stereocenters. The third-order valence-electron chi connectivity index (χ3n) is 11.8. The maximum atomic E-state index is 12.9. The second-order valence-corrected chi connectivity index (χ2v) is 17.3. The number of aliphatic hydroxyl groups excluding tert-OH is 7. The van der Waals surface area contributed by atoms with E-state index < -0.39 is 80.7 Å². The predicted molar refractivity (Wildman–Crippen MR) is 234 cm³/mol. The van der Waals surface area contributed by atoms with Crippen molar-refractivity contribution < 1.29 is 69.0 Å². The molecule has 0 radical (unpaired) electrons. The van der Waals surface area contributed by atoms with Gasteiger partial charge in [-0.2, -0.15) is 0 Å². The van der Waals surface area contributed by atoms with Gasteiger partial charge in [0.15, 0.2) is 12.6 Å². The molecule has 2 saturated heterocycles. The first-order chi connectivity index (χ1) is 29.6. The first-order valence-corrected chi connectivity index (χ1v) is 24.3. The molecule has 0 amide bonds. The minimum absolute atomic E-state index is 0.0634. The fourth-order valence-corrected chi connectivity index (χ4v) is 7.75. The Balaban J connectivity index is 1.79. The Morgan fingerprint density at radius 1 is 0.525 bits per heavy atom. The maximum Gasteiger partial charge on any atom is 0.306 e. The lowest BCUT2D eigenvalue weighted by Gasteiger charge is -2.42. The van der Waals surface area contributed by atoms with E-state index in [1.165, 1.54) is 96.3 Å². The molecule has 11 atom stereocenters. The molecule has 61 heavy (non-hydrogen) atoms. The number of unbranched alkanes of at least 4 members (excludes halogenated alkanes) is 22. The SMILES string of the molecule is CCCCC/C=C\CCCCCCCC(=O)OC(COCCCCCCCCCCCCCCCCC)COC1OC(COC2OC(CO)C(O)C(O)C2O)C(O)C(O)C1O. The average molecular weight is 877 g/mol. The molecule has 2 fully saturated rings. The highest BCUT2D eigenvalue weighted by atomic mass is 16.7. The monoisotopic (exact) mass is 877 g/mol. The van der Waals surface area contributed by atoms with Gasteiger partial charge in [-0.25, -0.2) is 0 Å². The number of ether oxygens (including phenoxy) is 6. The van der Waals surface area contributed by atoms with Gasteiger partial charge in [-0.1, -0.05) is 148 Å². The van der Waals surface area contributed by atoms with E-state index in [1.54, 1.807) is 0 Å². The van der Waals surface area contributed by atoms with Crippen LogP contribution in [-0.2, 0) is 33.2 Å². The minimum atomic E-state index is -1.70. The van der Waals surface area contributed by atoms with Gasteiger partial charge in [0, 0.05) is 13.0 Å². The second kappa shape index (κ2) is 36.0. The zero-order chi connectivity index (χ0) is 44.5. The molecule has 2 rings (SSSR count). The summed E-state index contributed by atoms with van der Waals surface area (Å²) < 4.78 is 34.2. The topological polar surface area (TPSA) is 214 Å². The van der Waals surface area contributed by atoms with Crippen LogP contribution in [0.3, 0.4) is 0 Å². The van der Waals surface area contributed by atoms with E-state index in [2.05, 4.69) is 26.0 Å². The Morgan fingerprint density at radius 2 is 0.967 bits per heavy atom. The Hall–Kier alpha value is -1.27. The summed E-state index contributed by atoms with van der Waals surface area (Å²) in [6.45, 7) is 3.67. The van der Waals surface area contributed by atoms with E-state index in [-0.39, 0.29) is 25.6 Å². The van der Waals surface area contributed by atoms with Crippen molar-refractivity contribution in [2.24, 2.45) is 0 Å². The summed E-state index contributed by atoms with van der Waals surface area (Å²) in [4.78, 5) is 12.9. The van der Waals surface area contributed by atoms with Crippen LogP contribution in [0.15, 0.2) is 12.2 Å². The van der Waals surface area contributed by atoms with Crippen LogP contribution in [0, 0.1) is 0 Å². The van der Waals surface area contributed by atoms with Crippen LogP contribution in [0.1, 0.15) is 181 Å². The first-order valence-electron chi connectivity index (χ1n) is 24.3. The summed E-state index contributed by atoms with van der Waals surface area (Å²) >= 11 is 0. The smallest absolute Gasteiger partial charge is 0.306 e. The van der Waals surface area contributed by atoms with Crippen LogP contribution in [0.5, 0.6) is 0 Å². The molecule has 0 aliphatic carbocycles. The van der Waals surface area contributed by atoms with Crippen molar-refractivity contribution in [1.82, 2.24) is 0 Å². The molecule has 0 aromatic rings. The second-order valence-electron chi connectivity index (χ2n) is 17.3. The largest absolute Gasteiger partial charge is 0.457 e. The Bertz CT molecular complexity index is 1060. The molecule has 2 aliphatic rings. The molecule has 7 N–H and O–H groups in total. The van der Waals surface area contributed by atoms with Gasteiger partial charge in [-0.05, 0) is 38.5 Å². The van der Waals surface area contributed by atoms with E-state index in [9.17, 15) is 40.5 Å². The lowest BCUT2D eigenvalue weighted by Crippen LogP contribution is -2.61. The molecule has 0 bridgehead atoms. The van der Waals surface area contributed by atoms with Gasteiger partial charge in [0.1, 0.15) is 54.9 Å². The van der Waals surface area contributed by atoms with Crippen LogP contribution in [0.2, 0.25) is 0 Å². The zero-order valence-electron chi connectivity index (χ0n) is 37.9. The van der Waals surface area contributed by atoms with Gasteiger partial charge in [0.05, 0.1) is 26.4 Å². The van der Waals surface area contributed by atoms with Gasteiger partial charge >= 0.3 is 5.97 Å². The van der Waals surface area contributed by atoms with E-state index in [1.807, 2.05) is 0 Å². The molecule has 2 aliphatic heterocycles. The van der Waals surface area contributed by atoms with Crippen molar-refractivity contribution in [2.75, 3.05) is 33.0 Å². The number of esters is 1. The number of rotatable bonds is 38. The van der Waals surface area contributed by atoms with Gasteiger partial charge in [-0.3, -0.25) is 4.79 Å². The molecule has 360 valence electrons.